The van der Waals surface area contributed by atoms with Crippen molar-refractivity contribution in [3.05, 3.63) is 61.7 Å². The molecule has 0 unspecified atom stereocenters. The maximum atomic E-state index is 11.0. The minimum absolute atomic E-state index is 0.0611. The Labute approximate surface area is 129 Å². The van der Waals surface area contributed by atoms with Crippen LogP contribution >= 0.6 is 27.5 Å². The topological polar surface area (TPSA) is 59.3 Å². The van der Waals surface area contributed by atoms with Crippen LogP contribution in [0.15, 0.2) is 40.9 Å². The molecule has 0 aliphatic rings. The van der Waals surface area contributed by atoms with Crippen molar-refractivity contribution in [1.82, 2.24) is 4.98 Å². The Morgan fingerprint density at radius 2 is 1.95 bits per heavy atom. The van der Waals surface area contributed by atoms with E-state index < -0.39 is 4.92 Å². The highest BCUT2D eigenvalue weighted by atomic mass is 79.9. The van der Waals surface area contributed by atoms with Crippen LogP contribution < -0.4 is 4.90 Å². The van der Waals surface area contributed by atoms with Gasteiger partial charge in [-0.1, -0.05) is 39.7 Å². The number of halogens is 2. The number of aromatic nitrogens is 1. The third-order valence-corrected chi connectivity index (χ3v) is 3.45. The summed E-state index contributed by atoms with van der Waals surface area (Å²) in [7, 11) is 1.74. The van der Waals surface area contributed by atoms with Crippen LogP contribution in [0.3, 0.4) is 0 Å². The number of hydrogen-bond donors (Lipinski definition) is 0. The van der Waals surface area contributed by atoms with E-state index in [0.29, 0.717) is 6.54 Å². The smallest absolute Gasteiger partial charge is 0.311 e. The van der Waals surface area contributed by atoms with Gasteiger partial charge in [-0.05, 0) is 23.8 Å². The summed E-state index contributed by atoms with van der Waals surface area (Å²) < 4.78 is 0.982. The number of nitro groups is 1. The van der Waals surface area contributed by atoms with Gasteiger partial charge in [-0.2, -0.15) is 0 Å². The molecule has 104 valence electrons. The number of anilines is 1. The van der Waals surface area contributed by atoms with Gasteiger partial charge in [0.05, 0.1) is 4.92 Å². The third-order valence-electron chi connectivity index (χ3n) is 2.71. The second-order valence-corrected chi connectivity index (χ2v) is 5.52. The van der Waals surface area contributed by atoms with E-state index in [0.717, 1.165) is 10.0 Å². The van der Waals surface area contributed by atoms with E-state index in [-0.39, 0.29) is 16.7 Å². The summed E-state index contributed by atoms with van der Waals surface area (Å²) in [4.78, 5) is 16.3. The SMILES string of the molecule is CN(Cc1ccc(Br)cc1)c1nc(Cl)ccc1[N+](=O)[O-]. The van der Waals surface area contributed by atoms with Crippen LogP contribution in [0, 0.1) is 10.1 Å². The molecule has 0 bridgehead atoms. The van der Waals surface area contributed by atoms with Crippen LogP contribution in [0.4, 0.5) is 11.5 Å². The first-order chi connectivity index (χ1) is 9.47. The third kappa shape index (κ3) is 3.46. The molecule has 0 amide bonds. The van der Waals surface area contributed by atoms with E-state index in [1.807, 2.05) is 24.3 Å². The first kappa shape index (κ1) is 14.7. The molecule has 5 nitrogen and oxygen atoms in total. The average molecular weight is 357 g/mol. The number of benzene rings is 1. The fourth-order valence-corrected chi connectivity index (χ4v) is 2.19. The van der Waals surface area contributed by atoms with Crippen LogP contribution in [-0.4, -0.2) is 17.0 Å². The van der Waals surface area contributed by atoms with Gasteiger partial charge in [0.15, 0.2) is 0 Å². The van der Waals surface area contributed by atoms with E-state index >= 15 is 0 Å². The molecule has 20 heavy (non-hydrogen) atoms. The summed E-state index contributed by atoms with van der Waals surface area (Å²) >= 11 is 9.19. The van der Waals surface area contributed by atoms with Crippen molar-refractivity contribution in [2.75, 3.05) is 11.9 Å². The summed E-state index contributed by atoms with van der Waals surface area (Å²) in [6, 6.07) is 10.5. The Morgan fingerprint density at radius 1 is 1.30 bits per heavy atom. The molecule has 2 rings (SSSR count). The van der Waals surface area contributed by atoms with E-state index in [9.17, 15) is 10.1 Å². The lowest BCUT2D eigenvalue weighted by Gasteiger charge is -2.18. The molecular formula is C13H11BrClN3O2. The lowest BCUT2D eigenvalue weighted by molar-refractivity contribution is -0.384. The van der Waals surface area contributed by atoms with Crippen molar-refractivity contribution in [3.63, 3.8) is 0 Å². The molecule has 0 aliphatic carbocycles. The Morgan fingerprint density at radius 3 is 2.55 bits per heavy atom. The highest BCUT2D eigenvalue weighted by Gasteiger charge is 2.19. The summed E-state index contributed by atoms with van der Waals surface area (Å²) in [5.41, 5.74) is 0.959. The lowest BCUT2D eigenvalue weighted by Crippen LogP contribution is -2.19. The maximum absolute atomic E-state index is 11.0. The van der Waals surface area contributed by atoms with Crippen LogP contribution in [0.1, 0.15) is 5.56 Å². The van der Waals surface area contributed by atoms with Crippen molar-refractivity contribution in [2.45, 2.75) is 6.54 Å². The van der Waals surface area contributed by atoms with Crippen molar-refractivity contribution in [1.29, 1.82) is 0 Å². The van der Waals surface area contributed by atoms with Gasteiger partial charge in [0.25, 0.3) is 0 Å². The Bertz CT molecular complexity index is 634. The second-order valence-electron chi connectivity index (χ2n) is 4.22. The van der Waals surface area contributed by atoms with Gasteiger partial charge in [0.1, 0.15) is 5.15 Å². The van der Waals surface area contributed by atoms with Gasteiger partial charge in [-0.3, -0.25) is 10.1 Å². The molecule has 0 saturated carbocycles. The molecule has 0 aliphatic heterocycles. The highest BCUT2D eigenvalue weighted by Crippen LogP contribution is 2.27. The lowest BCUT2D eigenvalue weighted by atomic mass is 10.2. The highest BCUT2D eigenvalue weighted by molar-refractivity contribution is 9.10. The first-order valence-corrected chi connectivity index (χ1v) is 6.91. The molecule has 1 heterocycles. The molecule has 0 atom stereocenters. The maximum Gasteiger partial charge on any atom is 0.311 e. The zero-order chi connectivity index (χ0) is 14.7. The standard InChI is InChI=1S/C13H11BrClN3O2/c1-17(8-9-2-4-10(14)5-3-9)13-11(18(19)20)6-7-12(15)16-13/h2-7H,8H2,1H3. The van der Waals surface area contributed by atoms with Gasteiger partial charge in [0, 0.05) is 24.1 Å². The quantitative estimate of drug-likeness (QED) is 0.471. The van der Waals surface area contributed by atoms with Crippen LogP contribution in [0.25, 0.3) is 0 Å². The van der Waals surface area contributed by atoms with Crippen LogP contribution in [0.5, 0.6) is 0 Å². The molecule has 0 N–H and O–H groups in total. The number of hydrogen-bond acceptors (Lipinski definition) is 4. The van der Waals surface area contributed by atoms with Crippen molar-refractivity contribution in [3.8, 4) is 0 Å². The Hall–Kier alpha value is -1.66. The van der Waals surface area contributed by atoms with Crippen molar-refractivity contribution in [2.24, 2.45) is 0 Å². The van der Waals surface area contributed by atoms with E-state index in [2.05, 4.69) is 20.9 Å². The normalized spacial score (nSPS) is 10.3. The van der Waals surface area contributed by atoms with Gasteiger partial charge in [-0.25, -0.2) is 4.98 Å². The molecule has 2 aromatic rings. The molecule has 7 heteroatoms. The summed E-state index contributed by atoms with van der Waals surface area (Å²) in [6.45, 7) is 0.501. The minimum atomic E-state index is -0.462. The van der Waals surface area contributed by atoms with Crippen LogP contribution in [-0.2, 0) is 6.54 Å². The number of rotatable bonds is 4. The van der Waals surface area contributed by atoms with Crippen molar-refractivity contribution >= 4 is 39.0 Å². The zero-order valence-corrected chi connectivity index (χ0v) is 12.9. The van der Waals surface area contributed by atoms with E-state index in [4.69, 9.17) is 11.6 Å². The molecule has 0 spiro atoms. The second kappa shape index (κ2) is 6.19. The number of nitrogens with zero attached hydrogens (tertiary/aromatic N) is 3. The van der Waals surface area contributed by atoms with Gasteiger partial charge < -0.3 is 4.90 Å². The molecule has 0 radical (unpaired) electrons. The fraction of sp³-hybridized carbons (Fsp3) is 0.154. The molecule has 1 aromatic carbocycles. The van der Waals surface area contributed by atoms with Gasteiger partial charge >= 0.3 is 5.69 Å². The zero-order valence-electron chi connectivity index (χ0n) is 10.6. The predicted molar refractivity (Wildman–Crippen MR) is 82.2 cm³/mol. The monoisotopic (exact) mass is 355 g/mol. The van der Waals surface area contributed by atoms with Gasteiger partial charge in [-0.15, -0.1) is 0 Å². The van der Waals surface area contributed by atoms with E-state index in [1.165, 1.54) is 12.1 Å². The molecule has 1 aromatic heterocycles. The fourth-order valence-electron chi connectivity index (χ4n) is 1.78. The minimum Gasteiger partial charge on any atom is -0.350 e. The molecular weight excluding hydrogens is 346 g/mol. The Kier molecular flexibility index (Phi) is 4.57. The largest absolute Gasteiger partial charge is 0.350 e. The van der Waals surface area contributed by atoms with Crippen LogP contribution in [0.2, 0.25) is 5.15 Å². The van der Waals surface area contributed by atoms with E-state index in [1.54, 1.807) is 11.9 Å². The molecule has 0 saturated heterocycles. The predicted octanol–water partition coefficient (Wildman–Crippen LogP) is 4.04. The number of pyridine rings is 1. The van der Waals surface area contributed by atoms with Crippen molar-refractivity contribution < 1.29 is 4.92 Å². The first-order valence-electron chi connectivity index (χ1n) is 5.74. The summed E-state index contributed by atoms with van der Waals surface area (Å²) in [5.74, 6) is 0.255. The summed E-state index contributed by atoms with van der Waals surface area (Å²) in [6.07, 6.45) is 0. The summed E-state index contributed by atoms with van der Waals surface area (Å²) in [5, 5.41) is 11.3. The van der Waals surface area contributed by atoms with Gasteiger partial charge in [0.2, 0.25) is 5.82 Å². The Balaban J connectivity index is 2.28. The molecule has 0 fully saturated rings. The average Bonchev–Trinajstić information content (AvgIpc) is 2.41.